The molecule has 1 aliphatic rings. The van der Waals surface area contributed by atoms with Gasteiger partial charge in [-0.25, -0.2) is 0 Å². The average molecular weight is 445 g/mol. The first kappa shape index (κ1) is 22.4. The van der Waals surface area contributed by atoms with E-state index >= 15 is 0 Å². The lowest BCUT2D eigenvalue weighted by Crippen LogP contribution is -2.41. The highest BCUT2D eigenvalue weighted by Gasteiger charge is 2.24. The summed E-state index contributed by atoms with van der Waals surface area (Å²) in [5.74, 6) is 0.566. The standard InChI is InChI=1S/C26H28N4O3/c1-29(2)22-16-17-30(18-22)21-12-8-19(9-13-21)25(31)27-28-26(32)20-10-14-24(15-11-20)33-23-6-4-3-5-7-23/h3-15,22H,16-18H2,1-2H3,(H,27,31)(H,28,32). The zero-order chi connectivity index (χ0) is 23.2. The highest BCUT2D eigenvalue weighted by Crippen LogP contribution is 2.23. The molecule has 7 heteroatoms. The number of anilines is 1. The number of hydrogen-bond acceptors (Lipinski definition) is 5. The number of ether oxygens (including phenoxy) is 1. The monoisotopic (exact) mass is 444 g/mol. The minimum absolute atomic E-state index is 0.369. The van der Waals surface area contributed by atoms with Crippen LogP contribution in [-0.2, 0) is 0 Å². The minimum atomic E-state index is -0.405. The fourth-order valence-corrected chi connectivity index (χ4v) is 3.78. The van der Waals surface area contributed by atoms with E-state index in [0.717, 1.165) is 30.9 Å². The van der Waals surface area contributed by atoms with Crippen LogP contribution < -0.4 is 20.5 Å². The summed E-state index contributed by atoms with van der Waals surface area (Å²) in [6, 6.07) is 24.1. The molecule has 1 heterocycles. The van der Waals surface area contributed by atoms with Crippen LogP contribution in [0.3, 0.4) is 0 Å². The summed E-state index contributed by atoms with van der Waals surface area (Å²) in [7, 11) is 4.20. The van der Waals surface area contributed by atoms with Crippen LogP contribution in [0.1, 0.15) is 27.1 Å². The van der Waals surface area contributed by atoms with Crippen LogP contribution in [0.15, 0.2) is 78.9 Å². The molecule has 3 aromatic rings. The molecule has 2 N–H and O–H groups in total. The van der Waals surface area contributed by atoms with Gasteiger partial charge in [-0.2, -0.15) is 0 Å². The fourth-order valence-electron chi connectivity index (χ4n) is 3.78. The molecule has 1 saturated heterocycles. The summed E-state index contributed by atoms with van der Waals surface area (Å²) in [5.41, 5.74) is 6.92. The Kier molecular flexibility index (Phi) is 6.90. The van der Waals surface area contributed by atoms with E-state index in [-0.39, 0.29) is 5.91 Å². The number of hydrogen-bond donors (Lipinski definition) is 2. The number of benzene rings is 3. The van der Waals surface area contributed by atoms with Crippen LogP contribution in [-0.4, -0.2) is 49.9 Å². The third-order valence-electron chi connectivity index (χ3n) is 5.77. The van der Waals surface area contributed by atoms with Crippen molar-refractivity contribution < 1.29 is 14.3 Å². The van der Waals surface area contributed by atoms with E-state index in [1.165, 1.54) is 0 Å². The molecule has 0 aliphatic carbocycles. The van der Waals surface area contributed by atoms with Crippen LogP contribution in [0.2, 0.25) is 0 Å². The number of amides is 2. The fraction of sp³-hybridized carbons (Fsp3) is 0.231. The second-order valence-electron chi connectivity index (χ2n) is 8.25. The molecular formula is C26H28N4O3. The lowest BCUT2D eigenvalue weighted by atomic mass is 10.2. The Balaban J connectivity index is 1.28. The second kappa shape index (κ2) is 10.2. The number of likely N-dealkylation sites (N-methyl/N-ethyl adjacent to an activating group) is 1. The zero-order valence-electron chi connectivity index (χ0n) is 18.8. The van der Waals surface area contributed by atoms with Crippen molar-refractivity contribution in [2.75, 3.05) is 32.1 Å². The van der Waals surface area contributed by atoms with Crippen LogP contribution in [0, 0.1) is 0 Å². The molecule has 33 heavy (non-hydrogen) atoms. The summed E-state index contributed by atoms with van der Waals surface area (Å²) in [6.07, 6.45) is 1.13. The number of nitrogens with zero attached hydrogens (tertiary/aromatic N) is 2. The molecule has 2 amide bonds. The van der Waals surface area contributed by atoms with Gasteiger partial charge in [-0.05, 0) is 81.2 Å². The number of para-hydroxylation sites is 1. The first-order chi connectivity index (χ1) is 16.0. The normalized spacial score (nSPS) is 15.4. The SMILES string of the molecule is CN(C)C1CCN(c2ccc(C(=O)NNC(=O)c3ccc(Oc4ccccc4)cc3)cc2)C1. The molecule has 0 aromatic heterocycles. The van der Waals surface area contributed by atoms with Crippen LogP contribution >= 0.6 is 0 Å². The molecule has 1 aliphatic heterocycles. The van der Waals surface area contributed by atoms with Crippen molar-refractivity contribution in [3.8, 4) is 11.5 Å². The van der Waals surface area contributed by atoms with E-state index in [1.807, 2.05) is 42.5 Å². The zero-order valence-corrected chi connectivity index (χ0v) is 18.8. The maximum absolute atomic E-state index is 12.4. The molecule has 0 spiro atoms. The Morgan fingerprint density at radius 2 is 1.36 bits per heavy atom. The van der Waals surface area contributed by atoms with Crippen LogP contribution in [0.5, 0.6) is 11.5 Å². The first-order valence-electron chi connectivity index (χ1n) is 10.9. The van der Waals surface area contributed by atoms with Crippen molar-refractivity contribution in [1.82, 2.24) is 15.8 Å². The van der Waals surface area contributed by atoms with E-state index in [0.29, 0.717) is 22.9 Å². The van der Waals surface area contributed by atoms with Gasteiger partial charge in [0.15, 0.2) is 0 Å². The number of rotatable bonds is 6. The number of hydrazine groups is 1. The molecule has 1 atom stereocenters. The third-order valence-corrected chi connectivity index (χ3v) is 5.77. The molecule has 0 radical (unpaired) electrons. The van der Waals surface area contributed by atoms with E-state index in [4.69, 9.17) is 4.74 Å². The van der Waals surface area contributed by atoms with Gasteiger partial charge in [0.2, 0.25) is 0 Å². The summed E-state index contributed by atoms with van der Waals surface area (Å²) < 4.78 is 5.73. The topological polar surface area (TPSA) is 73.9 Å². The minimum Gasteiger partial charge on any atom is -0.457 e. The molecule has 170 valence electrons. The summed E-state index contributed by atoms with van der Waals surface area (Å²) in [4.78, 5) is 29.4. The Bertz CT molecular complexity index is 1080. The smallest absolute Gasteiger partial charge is 0.269 e. The van der Waals surface area contributed by atoms with Gasteiger partial charge in [0, 0.05) is 35.9 Å². The summed E-state index contributed by atoms with van der Waals surface area (Å²) in [6.45, 7) is 1.98. The predicted molar refractivity (Wildman–Crippen MR) is 129 cm³/mol. The molecule has 1 unspecified atom stereocenters. The predicted octanol–water partition coefficient (Wildman–Crippen LogP) is 3.69. The summed E-state index contributed by atoms with van der Waals surface area (Å²) >= 11 is 0. The molecular weight excluding hydrogens is 416 g/mol. The number of carbonyl (C=O) groups excluding carboxylic acids is 2. The van der Waals surface area contributed by atoms with Gasteiger partial charge in [0.1, 0.15) is 11.5 Å². The summed E-state index contributed by atoms with van der Waals surface area (Å²) in [5, 5.41) is 0. The van der Waals surface area contributed by atoms with E-state index in [2.05, 4.69) is 34.7 Å². The van der Waals surface area contributed by atoms with Gasteiger partial charge in [-0.3, -0.25) is 20.4 Å². The number of nitrogens with one attached hydrogen (secondary N) is 2. The van der Waals surface area contributed by atoms with Gasteiger partial charge in [-0.15, -0.1) is 0 Å². The third kappa shape index (κ3) is 5.70. The van der Waals surface area contributed by atoms with Crippen molar-refractivity contribution in [2.24, 2.45) is 0 Å². The molecule has 0 saturated carbocycles. The quantitative estimate of drug-likeness (QED) is 0.568. The van der Waals surface area contributed by atoms with Gasteiger partial charge >= 0.3 is 0 Å². The molecule has 1 fully saturated rings. The van der Waals surface area contributed by atoms with Crippen molar-refractivity contribution in [3.05, 3.63) is 90.0 Å². The Morgan fingerprint density at radius 3 is 1.91 bits per heavy atom. The lowest BCUT2D eigenvalue weighted by Gasteiger charge is -2.22. The maximum Gasteiger partial charge on any atom is 0.269 e. The van der Waals surface area contributed by atoms with Crippen molar-refractivity contribution in [1.29, 1.82) is 0 Å². The second-order valence-corrected chi connectivity index (χ2v) is 8.25. The Labute approximate surface area is 193 Å². The highest BCUT2D eigenvalue weighted by molar-refractivity contribution is 5.99. The largest absolute Gasteiger partial charge is 0.457 e. The molecule has 4 rings (SSSR count). The van der Waals surface area contributed by atoms with E-state index in [1.54, 1.807) is 36.4 Å². The maximum atomic E-state index is 12.4. The number of carbonyl (C=O) groups is 2. The van der Waals surface area contributed by atoms with E-state index in [9.17, 15) is 9.59 Å². The molecule has 7 nitrogen and oxygen atoms in total. The van der Waals surface area contributed by atoms with Gasteiger partial charge < -0.3 is 14.5 Å². The molecule has 3 aromatic carbocycles. The van der Waals surface area contributed by atoms with Crippen LogP contribution in [0.4, 0.5) is 5.69 Å². The van der Waals surface area contributed by atoms with Gasteiger partial charge in [-0.1, -0.05) is 18.2 Å². The Hall–Kier alpha value is -3.84. The van der Waals surface area contributed by atoms with Crippen molar-refractivity contribution >= 4 is 17.5 Å². The average Bonchev–Trinajstić information content (AvgIpc) is 3.34. The van der Waals surface area contributed by atoms with Gasteiger partial charge in [0.25, 0.3) is 11.8 Å². The van der Waals surface area contributed by atoms with Gasteiger partial charge in [0.05, 0.1) is 0 Å². The lowest BCUT2D eigenvalue weighted by molar-refractivity contribution is 0.0846. The Morgan fingerprint density at radius 1 is 0.818 bits per heavy atom. The van der Waals surface area contributed by atoms with Crippen molar-refractivity contribution in [3.63, 3.8) is 0 Å². The van der Waals surface area contributed by atoms with E-state index < -0.39 is 5.91 Å². The van der Waals surface area contributed by atoms with Crippen LogP contribution in [0.25, 0.3) is 0 Å². The highest BCUT2D eigenvalue weighted by atomic mass is 16.5. The first-order valence-corrected chi connectivity index (χ1v) is 10.9. The molecule has 0 bridgehead atoms. The van der Waals surface area contributed by atoms with Crippen molar-refractivity contribution in [2.45, 2.75) is 12.5 Å².